The van der Waals surface area contributed by atoms with Crippen molar-refractivity contribution >= 4 is 17.1 Å². The van der Waals surface area contributed by atoms with Crippen LogP contribution in [0.3, 0.4) is 0 Å². The van der Waals surface area contributed by atoms with Crippen molar-refractivity contribution in [2.75, 3.05) is 7.11 Å². The maximum atomic E-state index is 10.7. The molecule has 112 valence electrons. The van der Waals surface area contributed by atoms with E-state index in [1.807, 2.05) is 18.3 Å². The van der Waals surface area contributed by atoms with Gasteiger partial charge in [-0.25, -0.2) is 14.8 Å². The number of aromatic amines is 1. The van der Waals surface area contributed by atoms with Gasteiger partial charge in [0.05, 0.1) is 0 Å². The minimum atomic E-state index is -0.897. The van der Waals surface area contributed by atoms with Gasteiger partial charge in [-0.05, 0) is 18.2 Å². The van der Waals surface area contributed by atoms with E-state index in [2.05, 4.69) is 15.0 Å². The normalized spacial score (nSPS) is 12.2. The molecule has 1 unspecified atom stereocenters. The monoisotopic (exact) mass is 298 g/mol. The maximum Gasteiger partial charge on any atom is 0.411 e. The molecule has 3 aromatic rings. The summed E-state index contributed by atoms with van der Waals surface area (Å²) in [4.78, 5) is 22.1. The Kier molecular flexibility index (Phi) is 3.71. The molecule has 1 atom stereocenters. The van der Waals surface area contributed by atoms with Crippen LogP contribution in [0, 0.1) is 0 Å². The van der Waals surface area contributed by atoms with Crippen molar-refractivity contribution in [1.29, 1.82) is 0 Å². The standard InChI is InChI=1S/C15H14N4O3/c1-21-13(9-4-5-12(18-7-9)22-15(16)20)11-8-19-14-10(11)3-2-6-17-14/h2-8,13H,1H3,(H2,16,20)(H,17,19). The van der Waals surface area contributed by atoms with Gasteiger partial charge < -0.3 is 20.2 Å². The lowest BCUT2D eigenvalue weighted by molar-refractivity contribution is 0.137. The summed E-state index contributed by atoms with van der Waals surface area (Å²) < 4.78 is 10.3. The molecular weight excluding hydrogens is 284 g/mol. The lowest BCUT2D eigenvalue weighted by atomic mass is 10.0. The van der Waals surface area contributed by atoms with Crippen molar-refractivity contribution in [3.05, 3.63) is 54.0 Å². The topological polar surface area (TPSA) is 103 Å². The summed E-state index contributed by atoms with van der Waals surface area (Å²) in [7, 11) is 1.62. The van der Waals surface area contributed by atoms with Gasteiger partial charge in [0.1, 0.15) is 11.8 Å². The molecule has 3 rings (SSSR count). The Labute approximate surface area is 126 Å². The molecule has 3 heterocycles. The van der Waals surface area contributed by atoms with Crippen LogP contribution in [0.2, 0.25) is 0 Å². The van der Waals surface area contributed by atoms with Crippen LogP contribution >= 0.6 is 0 Å². The molecule has 22 heavy (non-hydrogen) atoms. The molecule has 0 aliphatic heterocycles. The number of hydrogen-bond acceptors (Lipinski definition) is 5. The number of nitrogens with zero attached hydrogens (tertiary/aromatic N) is 2. The summed E-state index contributed by atoms with van der Waals surface area (Å²) in [6.07, 6.45) is 3.96. The first-order valence-corrected chi connectivity index (χ1v) is 6.57. The molecule has 7 heteroatoms. The van der Waals surface area contributed by atoms with Gasteiger partial charge in [-0.15, -0.1) is 0 Å². The summed E-state index contributed by atoms with van der Waals surface area (Å²) in [6.45, 7) is 0. The van der Waals surface area contributed by atoms with E-state index in [-0.39, 0.29) is 12.0 Å². The number of hydrogen-bond donors (Lipinski definition) is 2. The number of ether oxygens (including phenoxy) is 2. The van der Waals surface area contributed by atoms with E-state index in [4.69, 9.17) is 15.2 Å². The van der Waals surface area contributed by atoms with Crippen LogP contribution in [0.5, 0.6) is 5.88 Å². The molecule has 0 aromatic carbocycles. The molecule has 0 aliphatic carbocycles. The molecule has 0 aliphatic rings. The van der Waals surface area contributed by atoms with E-state index in [1.54, 1.807) is 31.6 Å². The summed E-state index contributed by atoms with van der Waals surface area (Å²) in [5.41, 5.74) is 7.52. The zero-order chi connectivity index (χ0) is 15.5. The van der Waals surface area contributed by atoms with Crippen LogP contribution in [0.1, 0.15) is 17.2 Å². The summed E-state index contributed by atoms with van der Waals surface area (Å²) in [5, 5.41) is 0.979. The van der Waals surface area contributed by atoms with Crippen molar-refractivity contribution in [3.8, 4) is 5.88 Å². The third kappa shape index (κ3) is 2.61. The second-order valence-corrected chi connectivity index (χ2v) is 4.61. The van der Waals surface area contributed by atoms with E-state index >= 15 is 0 Å². The number of amides is 1. The van der Waals surface area contributed by atoms with Crippen molar-refractivity contribution in [1.82, 2.24) is 15.0 Å². The largest absolute Gasteiger partial charge is 0.411 e. The van der Waals surface area contributed by atoms with Crippen molar-refractivity contribution in [2.45, 2.75) is 6.10 Å². The van der Waals surface area contributed by atoms with Gasteiger partial charge >= 0.3 is 6.09 Å². The van der Waals surface area contributed by atoms with E-state index < -0.39 is 6.09 Å². The van der Waals surface area contributed by atoms with Gasteiger partial charge in [0, 0.05) is 48.3 Å². The predicted octanol–water partition coefficient (Wildman–Crippen LogP) is 2.15. The number of methoxy groups -OCH3 is 1. The van der Waals surface area contributed by atoms with Crippen LogP contribution in [0.25, 0.3) is 11.0 Å². The third-order valence-electron chi connectivity index (χ3n) is 3.27. The molecule has 0 saturated heterocycles. The van der Waals surface area contributed by atoms with E-state index in [9.17, 15) is 4.79 Å². The molecule has 0 bridgehead atoms. The van der Waals surface area contributed by atoms with Gasteiger partial charge in [0.2, 0.25) is 5.88 Å². The smallest absolute Gasteiger partial charge is 0.391 e. The van der Waals surface area contributed by atoms with Crippen LogP contribution in [-0.4, -0.2) is 28.2 Å². The Bertz CT molecular complexity index is 798. The predicted molar refractivity (Wildman–Crippen MR) is 79.4 cm³/mol. The highest BCUT2D eigenvalue weighted by Crippen LogP contribution is 2.30. The Morgan fingerprint density at radius 3 is 2.86 bits per heavy atom. The number of pyridine rings is 2. The minimum Gasteiger partial charge on any atom is -0.391 e. The number of carbonyl (C=O) groups excluding carboxylic acids is 1. The minimum absolute atomic E-state index is 0.145. The molecule has 0 fully saturated rings. The third-order valence-corrected chi connectivity index (χ3v) is 3.27. The molecular formula is C15H14N4O3. The van der Waals surface area contributed by atoms with Crippen molar-refractivity contribution < 1.29 is 14.3 Å². The number of carbonyl (C=O) groups is 1. The Balaban J connectivity index is 1.95. The van der Waals surface area contributed by atoms with Crippen LogP contribution in [0.4, 0.5) is 4.79 Å². The zero-order valence-electron chi connectivity index (χ0n) is 11.8. The summed E-state index contributed by atoms with van der Waals surface area (Å²) in [5.74, 6) is 0.145. The fourth-order valence-corrected chi connectivity index (χ4v) is 2.35. The number of fused-ring (bicyclic) bond motifs is 1. The average Bonchev–Trinajstić information content (AvgIpc) is 2.93. The molecule has 0 spiro atoms. The van der Waals surface area contributed by atoms with Crippen molar-refractivity contribution in [2.24, 2.45) is 5.73 Å². The lowest BCUT2D eigenvalue weighted by Crippen LogP contribution is -2.17. The van der Waals surface area contributed by atoms with Gasteiger partial charge in [-0.3, -0.25) is 0 Å². The van der Waals surface area contributed by atoms with Crippen LogP contribution in [0.15, 0.2) is 42.9 Å². The molecule has 0 radical (unpaired) electrons. The fraction of sp³-hybridized carbons (Fsp3) is 0.133. The van der Waals surface area contributed by atoms with Gasteiger partial charge in [-0.1, -0.05) is 0 Å². The first-order valence-electron chi connectivity index (χ1n) is 6.57. The molecule has 0 saturated carbocycles. The number of nitrogens with two attached hydrogens (primary N) is 1. The highest BCUT2D eigenvalue weighted by Gasteiger charge is 2.18. The van der Waals surface area contributed by atoms with Crippen molar-refractivity contribution in [3.63, 3.8) is 0 Å². The zero-order valence-corrected chi connectivity index (χ0v) is 11.8. The first kappa shape index (κ1) is 14.0. The van der Waals surface area contributed by atoms with Gasteiger partial charge in [0.15, 0.2) is 0 Å². The van der Waals surface area contributed by atoms with E-state index in [1.165, 1.54) is 0 Å². The SMILES string of the molecule is COC(c1ccc(OC(N)=O)nc1)c1c[nH]c2ncccc12. The van der Waals surface area contributed by atoms with E-state index in [0.717, 1.165) is 22.2 Å². The van der Waals surface area contributed by atoms with E-state index in [0.29, 0.717) is 0 Å². The summed E-state index contributed by atoms with van der Waals surface area (Å²) >= 11 is 0. The molecule has 7 nitrogen and oxygen atoms in total. The fourth-order valence-electron chi connectivity index (χ4n) is 2.35. The quantitative estimate of drug-likeness (QED) is 0.768. The van der Waals surface area contributed by atoms with Gasteiger partial charge in [0.25, 0.3) is 0 Å². The van der Waals surface area contributed by atoms with Crippen LogP contribution in [-0.2, 0) is 4.74 Å². The highest BCUT2D eigenvalue weighted by atomic mass is 16.6. The first-order chi connectivity index (χ1) is 10.7. The Hall–Kier alpha value is -2.93. The number of primary amides is 1. The number of rotatable bonds is 4. The Morgan fingerprint density at radius 1 is 1.32 bits per heavy atom. The van der Waals surface area contributed by atoms with Crippen LogP contribution < -0.4 is 10.5 Å². The second-order valence-electron chi connectivity index (χ2n) is 4.61. The lowest BCUT2D eigenvalue weighted by Gasteiger charge is -2.15. The Morgan fingerprint density at radius 2 is 2.18 bits per heavy atom. The average molecular weight is 298 g/mol. The number of H-pyrrole nitrogens is 1. The number of nitrogens with one attached hydrogen (secondary N) is 1. The molecule has 3 N–H and O–H groups in total. The van der Waals surface area contributed by atoms with Gasteiger partial charge in [-0.2, -0.15) is 0 Å². The molecule has 1 amide bonds. The summed E-state index contributed by atoms with van der Waals surface area (Å²) in [6, 6.07) is 7.18. The number of aromatic nitrogens is 3. The highest BCUT2D eigenvalue weighted by molar-refractivity contribution is 5.80. The maximum absolute atomic E-state index is 10.7. The second kappa shape index (κ2) is 5.82. The molecule has 3 aromatic heterocycles.